The summed E-state index contributed by atoms with van der Waals surface area (Å²) >= 11 is 0. The lowest BCUT2D eigenvalue weighted by atomic mass is 10.1. The molecule has 1 aromatic rings. The number of carbonyl (C=O) groups excluding carboxylic acids is 1. The number of nitrogens with one attached hydrogen (secondary N) is 1. The van der Waals surface area contributed by atoms with Crippen LogP contribution < -0.4 is 5.32 Å². The average Bonchev–Trinajstić information content (AvgIpc) is 2.38. The molecule has 0 saturated heterocycles. The van der Waals surface area contributed by atoms with Crippen molar-refractivity contribution in [1.82, 2.24) is 5.32 Å². The number of phenols is 1. The maximum Gasteiger partial charge on any atom is 0.326 e. The van der Waals surface area contributed by atoms with Crippen LogP contribution in [0.3, 0.4) is 0 Å². The SMILES string of the molecule is COCCCC(NC(=O)c1ccc(O)cc1)C(=O)O. The zero-order valence-corrected chi connectivity index (χ0v) is 10.6. The predicted octanol–water partition coefficient (Wildman–Crippen LogP) is 1.00. The van der Waals surface area contributed by atoms with Crippen LogP contribution in [0.15, 0.2) is 24.3 Å². The molecule has 3 N–H and O–H groups in total. The Morgan fingerprint density at radius 2 is 1.95 bits per heavy atom. The molecule has 6 nitrogen and oxygen atoms in total. The smallest absolute Gasteiger partial charge is 0.326 e. The third kappa shape index (κ3) is 4.97. The number of ether oxygens (including phenoxy) is 1. The molecule has 1 rings (SSSR count). The highest BCUT2D eigenvalue weighted by Crippen LogP contribution is 2.10. The number of carboxylic acids is 1. The van der Waals surface area contributed by atoms with Crippen LogP contribution in [0.4, 0.5) is 0 Å². The number of rotatable bonds is 7. The van der Waals surface area contributed by atoms with E-state index in [2.05, 4.69) is 5.32 Å². The van der Waals surface area contributed by atoms with Gasteiger partial charge in [-0.1, -0.05) is 0 Å². The first kappa shape index (κ1) is 15.0. The molecule has 6 heteroatoms. The van der Waals surface area contributed by atoms with Crippen LogP contribution in [0, 0.1) is 0 Å². The van der Waals surface area contributed by atoms with E-state index < -0.39 is 17.9 Å². The molecule has 0 spiro atoms. The van der Waals surface area contributed by atoms with E-state index in [9.17, 15) is 9.59 Å². The van der Waals surface area contributed by atoms with Crippen LogP contribution in [0.1, 0.15) is 23.2 Å². The predicted molar refractivity (Wildman–Crippen MR) is 68.1 cm³/mol. The monoisotopic (exact) mass is 267 g/mol. The van der Waals surface area contributed by atoms with Gasteiger partial charge in [0.05, 0.1) is 0 Å². The minimum atomic E-state index is -1.08. The number of methoxy groups -OCH3 is 1. The third-order valence-electron chi connectivity index (χ3n) is 2.57. The summed E-state index contributed by atoms with van der Waals surface area (Å²) in [6.07, 6.45) is 0.844. The van der Waals surface area contributed by atoms with Gasteiger partial charge in [-0.15, -0.1) is 0 Å². The molecule has 0 aliphatic heterocycles. The summed E-state index contributed by atoms with van der Waals surface area (Å²) in [5.41, 5.74) is 0.302. The van der Waals surface area contributed by atoms with Crippen LogP contribution in [0.5, 0.6) is 5.75 Å². The van der Waals surface area contributed by atoms with Crippen molar-refractivity contribution in [3.05, 3.63) is 29.8 Å². The van der Waals surface area contributed by atoms with Crippen molar-refractivity contribution in [3.63, 3.8) is 0 Å². The fourth-order valence-corrected chi connectivity index (χ4v) is 1.54. The van der Waals surface area contributed by atoms with Crippen molar-refractivity contribution < 1.29 is 24.5 Å². The van der Waals surface area contributed by atoms with Gasteiger partial charge in [-0.05, 0) is 37.1 Å². The second-order valence-electron chi connectivity index (χ2n) is 4.05. The summed E-state index contributed by atoms with van der Waals surface area (Å²) in [7, 11) is 1.53. The Labute approximate surface area is 111 Å². The second kappa shape index (κ2) is 7.38. The number of carboxylic acid groups (broad SMARTS) is 1. The first-order chi connectivity index (χ1) is 9.04. The molecule has 104 valence electrons. The Kier molecular flexibility index (Phi) is 5.81. The molecule has 0 aliphatic rings. The van der Waals surface area contributed by atoms with Crippen LogP contribution in [0.2, 0.25) is 0 Å². The Balaban J connectivity index is 2.60. The van der Waals surface area contributed by atoms with Crippen LogP contribution in [-0.2, 0) is 9.53 Å². The molecule has 0 radical (unpaired) electrons. The molecular formula is C13H17NO5. The lowest BCUT2D eigenvalue weighted by Gasteiger charge is -2.14. The molecule has 0 bridgehead atoms. The average molecular weight is 267 g/mol. The fraction of sp³-hybridized carbons (Fsp3) is 0.385. The Morgan fingerprint density at radius 1 is 1.32 bits per heavy atom. The highest BCUT2D eigenvalue weighted by Gasteiger charge is 2.20. The van der Waals surface area contributed by atoms with E-state index in [-0.39, 0.29) is 5.75 Å². The van der Waals surface area contributed by atoms with Crippen molar-refractivity contribution in [2.75, 3.05) is 13.7 Å². The van der Waals surface area contributed by atoms with Gasteiger partial charge in [-0.25, -0.2) is 4.79 Å². The number of carbonyl (C=O) groups is 2. The van der Waals surface area contributed by atoms with Gasteiger partial charge in [-0.3, -0.25) is 4.79 Å². The first-order valence-electron chi connectivity index (χ1n) is 5.86. The minimum absolute atomic E-state index is 0.0476. The molecule has 1 atom stereocenters. The minimum Gasteiger partial charge on any atom is -0.508 e. The summed E-state index contributed by atoms with van der Waals surface area (Å²) in [4.78, 5) is 22.8. The van der Waals surface area contributed by atoms with Gasteiger partial charge in [-0.2, -0.15) is 0 Å². The van der Waals surface area contributed by atoms with E-state index in [0.29, 0.717) is 25.0 Å². The third-order valence-corrected chi connectivity index (χ3v) is 2.57. The van der Waals surface area contributed by atoms with E-state index in [1.165, 1.54) is 31.4 Å². The van der Waals surface area contributed by atoms with Crippen molar-refractivity contribution in [3.8, 4) is 5.75 Å². The summed E-state index contributed by atoms with van der Waals surface area (Å²) in [5.74, 6) is -1.51. The lowest BCUT2D eigenvalue weighted by Crippen LogP contribution is -2.40. The van der Waals surface area contributed by atoms with E-state index >= 15 is 0 Å². The van der Waals surface area contributed by atoms with Crippen LogP contribution in [-0.4, -0.2) is 41.8 Å². The molecule has 0 aliphatic carbocycles. The highest BCUT2D eigenvalue weighted by molar-refractivity contribution is 5.96. The lowest BCUT2D eigenvalue weighted by molar-refractivity contribution is -0.139. The number of aromatic hydroxyl groups is 1. The Bertz CT molecular complexity index is 429. The number of amides is 1. The maximum atomic E-state index is 11.8. The number of hydrogen-bond acceptors (Lipinski definition) is 4. The van der Waals surface area contributed by atoms with Gasteiger partial charge in [0.25, 0.3) is 5.91 Å². The van der Waals surface area contributed by atoms with Gasteiger partial charge in [0.15, 0.2) is 0 Å². The van der Waals surface area contributed by atoms with Crippen molar-refractivity contribution in [2.24, 2.45) is 0 Å². The number of benzene rings is 1. The van der Waals surface area contributed by atoms with Crippen molar-refractivity contribution in [2.45, 2.75) is 18.9 Å². The number of aliphatic carboxylic acids is 1. The summed E-state index contributed by atoms with van der Waals surface area (Å²) in [5, 5.41) is 20.6. The van der Waals surface area contributed by atoms with Gasteiger partial charge in [0.1, 0.15) is 11.8 Å². The van der Waals surface area contributed by atoms with Gasteiger partial charge in [0, 0.05) is 19.3 Å². The fourth-order valence-electron chi connectivity index (χ4n) is 1.54. The molecule has 1 aromatic carbocycles. The quantitative estimate of drug-likeness (QED) is 0.640. The summed E-state index contributed by atoms with van der Waals surface area (Å²) < 4.78 is 4.84. The van der Waals surface area contributed by atoms with Gasteiger partial charge in [0.2, 0.25) is 0 Å². The molecule has 1 unspecified atom stereocenters. The van der Waals surface area contributed by atoms with E-state index in [1.54, 1.807) is 0 Å². The molecule has 0 heterocycles. The van der Waals surface area contributed by atoms with Crippen molar-refractivity contribution in [1.29, 1.82) is 0 Å². The number of hydrogen-bond donors (Lipinski definition) is 3. The highest BCUT2D eigenvalue weighted by atomic mass is 16.5. The maximum absolute atomic E-state index is 11.8. The molecule has 0 aromatic heterocycles. The first-order valence-corrected chi connectivity index (χ1v) is 5.86. The van der Waals surface area contributed by atoms with Gasteiger partial charge < -0.3 is 20.3 Å². The van der Waals surface area contributed by atoms with E-state index in [0.717, 1.165) is 0 Å². The molecule has 0 saturated carbocycles. The molecule has 19 heavy (non-hydrogen) atoms. The van der Waals surface area contributed by atoms with E-state index in [1.807, 2.05) is 0 Å². The Morgan fingerprint density at radius 3 is 2.47 bits per heavy atom. The zero-order valence-electron chi connectivity index (χ0n) is 10.6. The normalized spacial score (nSPS) is 11.8. The van der Waals surface area contributed by atoms with Crippen LogP contribution >= 0.6 is 0 Å². The van der Waals surface area contributed by atoms with Gasteiger partial charge >= 0.3 is 5.97 Å². The number of phenolic OH excluding ortho intramolecular Hbond substituents is 1. The summed E-state index contributed by atoms with van der Waals surface area (Å²) in [6.45, 7) is 0.443. The zero-order chi connectivity index (χ0) is 14.3. The molecule has 1 amide bonds. The largest absolute Gasteiger partial charge is 0.508 e. The Hall–Kier alpha value is -2.08. The van der Waals surface area contributed by atoms with E-state index in [4.69, 9.17) is 14.9 Å². The van der Waals surface area contributed by atoms with Crippen molar-refractivity contribution >= 4 is 11.9 Å². The standard InChI is InChI=1S/C13H17NO5/c1-19-8-2-3-11(13(17)18)14-12(16)9-4-6-10(15)7-5-9/h4-7,11,15H,2-3,8H2,1H3,(H,14,16)(H,17,18). The molecular weight excluding hydrogens is 250 g/mol. The topological polar surface area (TPSA) is 95.9 Å². The summed E-state index contributed by atoms with van der Waals surface area (Å²) in [6, 6.07) is 4.65. The molecule has 0 fully saturated rings. The second-order valence-corrected chi connectivity index (χ2v) is 4.05. The van der Waals surface area contributed by atoms with Crippen LogP contribution in [0.25, 0.3) is 0 Å².